The minimum atomic E-state index is 0.790. The van der Waals surface area contributed by atoms with Crippen LogP contribution >= 0.6 is 0 Å². The van der Waals surface area contributed by atoms with E-state index in [1.54, 1.807) is 0 Å². The Hall–Kier alpha value is -3.26. The largest absolute Gasteiger partial charge is 0.228 e. The second-order valence-electron chi connectivity index (χ2n) is 9.72. The van der Waals surface area contributed by atoms with Crippen LogP contribution in [0.4, 0.5) is 0 Å². The third-order valence-electron chi connectivity index (χ3n) is 7.04. The summed E-state index contributed by atoms with van der Waals surface area (Å²) in [5.41, 5.74) is 16.8. The van der Waals surface area contributed by atoms with Gasteiger partial charge in [0.15, 0.2) is 5.82 Å². The molecule has 33 heavy (non-hydrogen) atoms. The van der Waals surface area contributed by atoms with E-state index in [9.17, 15) is 0 Å². The summed E-state index contributed by atoms with van der Waals surface area (Å²) in [6.07, 6.45) is 0. The van der Waals surface area contributed by atoms with Crippen molar-refractivity contribution in [3.63, 3.8) is 0 Å². The van der Waals surface area contributed by atoms with Gasteiger partial charge >= 0.3 is 0 Å². The predicted octanol–water partition coefficient (Wildman–Crippen LogP) is 8.25. The first-order valence-corrected chi connectivity index (χ1v) is 11.7. The number of aromatic nitrogens is 2. The second-order valence-corrected chi connectivity index (χ2v) is 9.72. The lowest BCUT2D eigenvalue weighted by molar-refractivity contribution is 1.15. The van der Waals surface area contributed by atoms with Crippen LogP contribution in [-0.2, 0) is 0 Å². The Kier molecular flexibility index (Phi) is 5.97. The van der Waals surface area contributed by atoms with E-state index in [4.69, 9.17) is 9.97 Å². The molecule has 0 N–H and O–H groups in total. The Balaban J connectivity index is 2.04. The lowest BCUT2D eigenvalue weighted by Gasteiger charge is -2.16. The fourth-order valence-electron chi connectivity index (χ4n) is 4.52. The van der Waals surface area contributed by atoms with Crippen LogP contribution in [0.1, 0.15) is 50.1 Å². The number of hydrogen-bond donors (Lipinski definition) is 0. The van der Waals surface area contributed by atoms with Gasteiger partial charge in [0.2, 0.25) is 0 Å². The van der Waals surface area contributed by atoms with Crippen molar-refractivity contribution in [2.75, 3.05) is 0 Å². The molecule has 0 aliphatic heterocycles. The third-order valence-corrected chi connectivity index (χ3v) is 7.04. The zero-order valence-electron chi connectivity index (χ0n) is 21.4. The van der Waals surface area contributed by atoms with E-state index in [2.05, 4.69) is 105 Å². The van der Waals surface area contributed by atoms with Crippen LogP contribution in [0.2, 0.25) is 0 Å². The highest BCUT2D eigenvalue weighted by molar-refractivity contribution is 5.76. The molecule has 0 saturated carbocycles. The minimum Gasteiger partial charge on any atom is -0.228 e. The van der Waals surface area contributed by atoms with Crippen LogP contribution < -0.4 is 0 Å². The van der Waals surface area contributed by atoms with E-state index in [1.165, 1.54) is 61.2 Å². The molecule has 0 amide bonds. The molecule has 1 aromatic heterocycles. The molecular weight excluding hydrogens is 400 g/mol. The Bertz CT molecular complexity index is 1210. The molecule has 0 saturated heterocycles. The van der Waals surface area contributed by atoms with Crippen LogP contribution in [0.15, 0.2) is 42.5 Å². The van der Waals surface area contributed by atoms with Crippen molar-refractivity contribution in [1.82, 2.24) is 9.97 Å². The van der Waals surface area contributed by atoms with Gasteiger partial charge in [0, 0.05) is 16.7 Å². The van der Waals surface area contributed by atoms with Gasteiger partial charge in [-0.25, -0.2) is 9.97 Å². The molecule has 0 bridgehead atoms. The molecule has 0 unspecified atom stereocenters. The van der Waals surface area contributed by atoms with Crippen LogP contribution in [0, 0.1) is 62.3 Å². The van der Waals surface area contributed by atoms with Crippen molar-refractivity contribution >= 4 is 0 Å². The van der Waals surface area contributed by atoms with Gasteiger partial charge in [-0.3, -0.25) is 0 Å². The van der Waals surface area contributed by atoms with Crippen molar-refractivity contribution in [2.45, 2.75) is 62.3 Å². The summed E-state index contributed by atoms with van der Waals surface area (Å²) in [6.45, 7) is 19.5. The SMILES string of the molecule is Cc1cc(C)c(-c2cc(-c3cc(C)c(C)cc3C)nc(-c3cc(C)c(C)cc3C)n2)cc1C. The minimum absolute atomic E-state index is 0.790. The Morgan fingerprint density at radius 2 is 0.636 bits per heavy atom. The van der Waals surface area contributed by atoms with Gasteiger partial charge in [-0.05, 0) is 137 Å². The van der Waals surface area contributed by atoms with E-state index >= 15 is 0 Å². The first kappa shape index (κ1) is 22.9. The number of benzene rings is 3. The standard InChI is InChI=1S/C31H34N2/c1-17-10-23(7)26(13-20(17)4)29-16-30(27-14-21(5)18(2)11-24(27)8)33-31(32-29)28-15-22(6)19(3)12-25(28)9/h10-16H,1-9H3. The third kappa shape index (κ3) is 4.35. The summed E-state index contributed by atoms with van der Waals surface area (Å²) in [6, 6.07) is 15.7. The number of aryl methyl sites for hydroxylation is 9. The molecule has 0 spiro atoms. The van der Waals surface area contributed by atoms with Crippen LogP contribution in [0.3, 0.4) is 0 Å². The Morgan fingerprint density at radius 1 is 0.333 bits per heavy atom. The Labute approximate surface area is 198 Å². The van der Waals surface area contributed by atoms with Crippen molar-refractivity contribution < 1.29 is 0 Å². The van der Waals surface area contributed by atoms with Gasteiger partial charge in [-0.2, -0.15) is 0 Å². The zero-order chi connectivity index (χ0) is 24.0. The summed E-state index contributed by atoms with van der Waals surface area (Å²) in [5, 5.41) is 0. The van der Waals surface area contributed by atoms with Gasteiger partial charge in [-0.15, -0.1) is 0 Å². The average molecular weight is 435 g/mol. The molecule has 1 heterocycles. The first-order chi connectivity index (χ1) is 15.5. The van der Waals surface area contributed by atoms with Gasteiger partial charge in [0.25, 0.3) is 0 Å². The van der Waals surface area contributed by atoms with E-state index in [0.29, 0.717) is 0 Å². The van der Waals surface area contributed by atoms with Crippen LogP contribution in [-0.4, -0.2) is 9.97 Å². The molecule has 3 aromatic carbocycles. The molecule has 0 fully saturated rings. The summed E-state index contributed by atoms with van der Waals surface area (Å²) < 4.78 is 0. The Morgan fingerprint density at radius 3 is 1.03 bits per heavy atom. The molecule has 2 nitrogen and oxygen atoms in total. The molecule has 0 aliphatic rings. The molecule has 0 aliphatic carbocycles. The summed E-state index contributed by atoms with van der Waals surface area (Å²) in [4.78, 5) is 10.2. The molecule has 0 radical (unpaired) electrons. The van der Waals surface area contributed by atoms with Gasteiger partial charge in [0.05, 0.1) is 11.4 Å². The number of nitrogens with zero attached hydrogens (tertiary/aromatic N) is 2. The first-order valence-electron chi connectivity index (χ1n) is 11.7. The fraction of sp³-hybridized carbons (Fsp3) is 0.290. The van der Waals surface area contributed by atoms with Gasteiger partial charge in [-0.1, -0.05) is 18.2 Å². The monoisotopic (exact) mass is 434 g/mol. The highest BCUT2D eigenvalue weighted by Gasteiger charge is 2.16. The maximum absolute atomic E-state index is 5.12. The van der Waals surface area contributed by atoms with Crippen molar-refractivity contribution in [1.29, 1.82) is 0 Å². The lowest BCUT2D eigenvalue weighted by Crippen LogP contribution is -2.01. The molecule has 168 valence electrons. The maximum atomic E-state index is 5.12. The van der Waals surface area contributed by atoms with Crippen LogP contribution in [0.5, 0.6) is 0 Å². The van der Waals surface area contributed by atoms with Crippen LogP contribution in [0.25, 0.3) is 33.9 Å². The number of rotatable bonds is 3. The average Bonchev–Trinajstić information content (AvgIpc) is 2.75. The number of hydrogen-bond acceptors (Lipinski definition) is 2. The van der Waals surface area contributed by atoms with E-state index in [0.717, 1.165) is 22.8 Å². The van der Waals surface area contributed by atoms with E-state index in [1.807, 2.05) is 0 Å². The van der Waals surface area contributed by atoms with E-state index < -0.39 is 0 Å². The van der Waals surface area contributed by atoms with Crippen molar-refractivity contribution in [3.8, 4) is 33.9 Å². The lowest BCUT2D eigenvalue weighted by atomic mass is 9.95. The topological polar surface area (TPSA) is 25.8 Å². The second kappa shape index (κ2) is 8.59. The molecule has 4 aromatic rings. The van der Waals surface area contributed by atoms with Crippen molar-refractivity contribution in [3.05, 3.63) is 92.5 Å². The fourth-order valence-corrected chi connectivity index (χ4v) is 4.52. The van der Waals surface area contributed by atoms with Gasteiger partial charge in [0.1, 0.15) is 0 Å². The van der Waals surface area contributed by atoms with Gasteiger partial charge < -0.3 is 0 Å². The van der Waals surface area contributed by atoms with E-state index in [-0.39, 0.29) is 0 Å². The molecule has 4 rings (SSSR count). The molecule has 0 atom stereocenters. The molecular formula is C31H34N2. The summed E-state index contributed by atoms with van der Waals surface area (Å²) in [7, 11) is 0. The smallest absolute Gasteiger partial charge is 0.160 e. The highest BCUT2D eigenvalue weighted by Crippen LogP contribution is 2.34. The predicted molar refractivity (Wildman–Crippen MR) is 141 cm³/mol. The molecule has 2 heteroatoms. The maximum Gasteiger partial charge on any atom is 0.160 e. The normalized spacial score (nSPS) is 11.2. The van der Waals surface area contributed by atoms with Crippen molar-refractivity contribution in [2.24, 2.45) is 0 Å². The summed E-state index contributed by atoms with van der Waals surface area (Å²) in [5.74, 6) is 0.790. The zero-order valence-corrected chi connectivity index (χ0v) is 21.4. The quantitative estimate of drug-likeness (QED) is 0.324. The highest BCUT2D eigenvalue weighted by atomic mass is 14.9. The summed E-state index contributed by atoms with van der Waals surface area (Å²) >= 11 is 0.